The highest BCUT2D eigenvalue weighted by Gasteiger charge is 2.06. The van der Waals surface area contributed by atoms with Crippen LogP contribution in [0.2, 0.25) is 0 Å². The molecule has 0 saturated heterocycles. The molecule has 0 bridgehead atoms. The quantitative estimate of drug-likeness (QED) is 0.436. The number of rotatable bonds is 7. The first-order chi connectivity index (χ1) is 5.35. The Morgan fingerprint density at radius 3 is 2.18 bits per heavy atom. The van der Waals surface area contributed by atoms with Gasteiger partial charge in [-0.25, -0.2) is 0 Å². The molecule has 0 aromatic carbocycles. The van der Waals surface area contributed by atoms with E-state index in [0.29, 0.717) is 13.2 Å². The van der Waals surface area contributed by atoms with Gasteiger partial charge in [0.25, 0.3) is 0 Å². The topological polar surface area (TPSA) is 44.8 Å². The molecule has 5 heteroatoms. The fraction of sp³-hybridized carbons (Fsp3) is 1.00. The summed E-state index contributed by atoms with van der Waals surface area (Å²) in [5.41, 5.74) is 0. The Labute approximate surface area is 68.1 Å². The van der Waals surface area contributed by atoms with Crippen molar-refractivity contribution in [2.75, 3.05) is 19.8 Å². The highest BCUT2D eigenvalue weighted by molar-refractivity contribution is 7.17. The van der Waals surface area contributed by atoms with Crippen LogP contribution >= 0.6 is 8.69 Å². The van der Waals surface area contributed by atoms with E-state index in [1.165, 1.54) is 0 Å². The first-order valence-electron chi connectivity index (χ1n) is 3.63. The Balaban J connectivity index is 3.41. The van der Waals surface area contributed by atoms with Crippen LogP contribution in [-0.4, -0.2) is 26.1 Å². The van der Waals surface area contributed by atoms with Crippen LogP contribution in [0.5, 0.6) is 0 Å². The van der Waals surface area contributed by atoms with Gasteiger partial charge in [-0.1, -0.05) is 0 Å². The molecular weight excluding hydrogens is 167 g/mol. The van der Waals surface area contributed by atoms with Crippen LogP contribution in [0.1, 0.15) is 13.8 Å². The average molecular weight is 182 g/mol. The summed E-state index contributed by atoms with van der Waals surface area (Å²) in [5, 5.41) is 0. The van der Waals surface area contributed by atoms with Crippen LogP contribution in [0.3, 0.4) is 0 Å². The molecule has 0 rings (SSSR count). The zero-order chi connectivity index (χ0) is 8.53. The largest absolute Gasteiger partial charge is 0.351 e. The average Bonchev–Trinajstić information content (AvgIpc) is 2.01. The van der Waals surface area contributed by atoms with E-state index in [2.05, 4.69) is 4.52 Å². The second kappa shape index (κ2) is 8.21. The molecule has 4 nitrogen and oxygen atoms in total. The first kappa shape index (κ1) is 11.1. The Bertz CT molecular complexity index is 92.6. The van der Waals surface area contributed by atoms with Crippen LogP contribution in [0, 0.1) is 0 Å². The normalized spacial score (nSPS) is 11.9. The number of hydrogen-bond donors (Lipinski definition) is 0. The molecule has 11 heavy (non-hydrogen) atoms. The minimum absolute atomic E-state index is 0.251. The van der Waals surface area contributed by atoms with Gasteiger partial charge in [-0.3, -0.25) is 4.57 Å². The molecule has 0 saturated carbocycles. The van der Waals surface area contributed by atoms with Gasteiger partial charge in [0, 0.05) is 13.2 Å². The Morgan fingerprint density at radius 1 is 1.27 bits per heavy atom. The highest BCUT2D eigenvalue weighted by Crippen LogP contribution is 2.01. The summed E-state index contributed by atoms with van der Waals surface area (Å²) < 4.78 is 24.9. The smallest absolute Gasteiger partial charge is 0.181 e. The molecule has 0 aliphatic heterocycles. The third-order valence-electron chi connectivity index (χ3n) is 1.01. The second-order valence-corrected chi connectivity index (χ2v) is 2.30. The molecule has 1 unspecified atom stereocenters. The first-order valence-corrected chi connectivity index (χ1v) is 4.57. The molecule has 0 amide bonds. The molecule has 68 valence electrons. The molecule has 0 fully saturated rings. The van der Waals surface area contributed by atoms with E-state index < -0.39 is 8.69 Å². The van der Waals surface area contributed by atoms with Gasteiger partial charge in [0.2, 0.25) is 0 Å². The van der Waals surface area contributed by atoms with Crippen molar-refractivity contribution in [3.63, 3.8) is 0 Å². The molecule has 0 aromatic heterocycles. The van der Waals surface area contributed by atoms with Gasteiger partial charge in [0.05, 0.1) is 0 Å². The Morgan fingerprint density at radius 2 is 1.82 bits per heavy atom. The summed E-state index contributed by atoms with van der Waals surface area (Å²) in [6.45, 7) is 5.14. The van der Waals surface area contributed by atoms with Crippen molar-refractivity contribution in [1.29, 1.82) is 0 Å². The Hall–Kier alpha value is 0.110. The van der Waals surface area contributed by atoms with Gasteiger partial charge in [-0.15, -0.1) is 0 Å². The molecule has 0 aromatic rings. The predicted octanol–water partition coefficient (Wildman–Crippen LogP) is 1.07. The maximum atomic E-state index is 9.99. The maximum Gasteiger partial charge on any atom is 0.181 e. The van der Waals surface area contributed by atoms with Crippen LogP contribution in [0.25, 0.3) is 0 Å². The van der Waals surface area contributed by atoms with Crippen molar-refractivity contribution in [1.82, 2.24) is 0 Å². The van der Waals surface area contributed by atoms with E-state index in [0.717, 1.165) is 0 Å². The van der Waals surface area contributed by atoms with Gasteiger partial charge in [-0.2, -0.15) is 0 Å². The molecule has 0 aliphatic rings. The lowest BCUT2D eigenvalue weighted by atomic mass is 10.6. The van der Waals surface area contributed by atoms with Gasteiger partial charge in [0.1, 0.15) is 6.61 Å². The van der Waals surface area contributed by atoms with Crippen LogP contribution in [0.15, 0.2) is 0 Å². The van der Waals surface area contributed by atoms with Crippen molar-refractivity contribution >= 4 is 8.69 Å². The fourth-order valence-corrected chi connectivity index (χ4v) is 0.870. The minimum Gasteiger partial charge on any atom is -0.351 e. The monoisotopic (exact) mass is 182 g/mol. The number of hydrogen-bond acceptors (Lipinski definition) is 4. The summed E-state index contributed by atoms with van der Waals surface area (Å²) in [5.74, 6) is 0. The van der Waals surface area contributed by atoms with Crippen LogP contribution < -0.4 is 0 Å². The van der Waals surface area contributed by atoms with Crippen molar-refractivity contribution in [2.24, 2.45) is 0 Å². The fourth-order valence-electron chi connectivity index (χ4n) is 0.634. The molecule has 0 spiro atoms. The van der Waals surface area contributed by atoms with E-state index in [9.17, 15) is 4.57 Å². The van der Waals surface area contributed by atoms with Crippen molar-refractivity contribution in [2.45, 2.75) is 20.1 Å². The zero-order valence-electron chi connectivity index (χ0n) is 6.91. The van der Waals surface area contributed by atoms with Crippen molar-refractivity contribution in [3.05, 3.63) is 0 Å². The second-order valence-electron chi connectivity index (χ2n) is 1.77. The van der Waals surface area contributed by atoms with E-state index >= 15 is 0 Å². The van der Waals surface area contributed by atoms with E-state index in [1.54, 1.807) is 0 Å². The van der Waals surface area contributed by atoms with Crippen LogP contribution in [0.4, 0.5) is 0 Å². The molecule has 0 N–H and O–H groups in total. The molecule has 1 atom stereocenters. The summed E-state index contributed by atoms with van der Waals surface area (Å²) in [6.07, 6.45) is -0.369. The summed E-state index contributed by atoms with van der Waals surface area (Å²) in [7, 11) is -1.16. The summed E-state index contributed by atoms with van der Waals surface area (Å²) >= 11 is 0. The molecular formula is C6H15O4P. The predicted molar refractivity (Wildman–Crippen MR) is 43.4 cm³/mol. The van der Waals surface area contributed by atoms with E-state index in [4.69, 9.17) is 9.47 Å². The third-order valence-corrected chi connectivity index (χ3v) is 1.33. The lowest BCUT2D eigenvalue weighted by molar-refractivity contribution is -0.151. The van der Waals surface area contributed by atoms with E-state index in [-0.39, 0.29) is 12.9 Å². The van der Waals surface area contributed by atoms with Gasteiger partial charge < -0.3 is 14.0 Å². The summed E-state index contributed by atoms with van der Waals surface area (Å²) in [4.78, 5) is 0. The van der Waals surface area contributed by atoms with Crippen molar-refractivity contribution in [3.8, 4) is 0 Å². The summed E-state index contributed by atoms with van der Waals surface area (Å²) in [6, 6.07) is 0. The zero-order valence-corrected chi connectivity index (χ0v) is 8.06. The SMILES string of the molecule is CCOC(CO[PH2]=O)OCC. The van der Waals surface area contributed by atoms with E-state index in [1.807, 2.05) is 13.8 Å². The number of ether oxygens (including phenoxy) is 2. The minimum atomic E-state index is -1.16. The standard InChI is InChI=1S/C6H15O4P/c1-3-8-6(9-4-2)5-10-11-7/h6H,3-5,11H2,1-2H3. The lowest BCUT2D eigenvalue weighted by Crippen LogP contribution is -2.21. The van der Waals surface area contributed by atoms with Gasteiger partial charge in [-0.05, 0) is 13.8 Å². The lowest BCUT2D eigenvalue weighted by Gasteiger charge is -2.14. The van der Waals surface area contributed by atoms with Gasteiger partial charge >= 0.3 is 0 Å². The van der Waals surface area contributed by atoms with Crippen LogP contribution in [-0.2, 0) is 18.6 Å². The molecule has 0 heterocycles. The molecule has 0 aliphatic carbocycles. The molecule has 0 radical (unpaired) electrons. The van der Waals surface area contributed by atoms with Gasteiger partial charge in [0.15, 0.2) is 15.0 Å². The van der Waals surface area contributed by atoms with Crippen molar-refractivity contribution < 1.29 is 18.6 Å². The Kier molecular flexibility index (Phi) is 8.29. The maximum absolute atomic E-state index is 9.99. The highest BCUT2D eigenvalue weighted by atomic mass is 31.1. The third kappa shape index (κ3) is 6.51.